The van der Waals surface area contributed by atoms with E-state index in [0.717, 1.165) is 9.35 Å². The fourth-order valence-corrected chi connectivity index (χ4v) is 3.28. The summed E-state index contributed by atoms with van der Waals surface area (Å²) in [4.78, 5) is 1.11. The quantitative estimate of drug-likeness (QED) is 0.846. The fourth-order valence-electron chi connectivity index (χ4n) is 1.79. The van der Waals surface area contributed by atoms with Crippen LogP contribution in [0, 0.1) is 0 Å². The van der Waals surface area contributed by atoms with Crippen molar-refractivity contribution >= 4 is 33.0 Å². The Morgan fingerprint density at radius 3 is 2.89 bits per heavy atom. The van der Waals surface area contributed by atoms with E-state index in [1.807, 2.05) is 23.6 Å². The number of thiophene rings is 1. The number of benzene rings is 1. The highest BCUT2D eigenvalue weighted by atomic mass is 79.9. The van der Waals surface area contributed by atoms with Crippen LogP contribution in [0.15, 0.2) is 34.1 Å². The van der Waals surface area contributed by atoms with Crippen molar-refractivity contribution in [3.63, 3.8) is 0 Å². The molecule has 0 aliphatic heterocycles. The van der Waals surface area contributed by atoms with Gasteiger partial charge in [0.25, 0.3) is 0 Å². The van der Waals surface area contributed by atoms with Crippen molar-refractivity contribution in [2.75, 3.05) is 12.8 Å². The summed E-state index contributed by atoms with van der Waals surface area (Å²) in [7, 11) is 1.57. The Balaban J connectivity index is 2.21. The summed E-state index contributed by atoms with van der Waals surface area (Å²) >= 11 is 5.01. The first kappa shape index (κ1) is 13.4. The first-order chi connectivity index (χ1) is 8.61. The molecule has 3 N–H and O–H groups in total. The van der Waals surface area contributed by atoms with Crippen LogP contribution < -0.4 is 10.5 Å². The molecule has 0 bridgehead atoms. The molecule has 3 nitrogen and oxygen atoms in total. The summed E-state index contributed by atoms with van der Waals surface area (Å²) in [5.74, 6) is 0.596. The zero-order chi connectivity index (χ0) is 13.1. The Kier molecular flexibility index (Phi) is 4.27. The molecule has 1 aromatic carbocycles. The first-order valence-electron chi connectivity index (χ1n) is 5.45. The van der Waals surface area contributed by atoms with Crippen molar-refractivity contribution < 1.29 is 9.84 Å². The lowest BCUT2D eigenvalue weighted by molar-refractivity contribution is 0.180. The summed E-state index contributed by atoms with van der Waals surface area (Å²) in [5.41, 5.74) is 7.17. The van der Waals surface area contributed by atoms with E-state index in [-0.39, 0.29) is 0 Å². The second-order valence-corrected chi connectivity index (χ2v) is 5.83. The van der Waals surface area contributed by atoms with E-state index in [1.54, 1.807) is 24.5 Å². The minimum absolute atomic E-state index is 0.503. The number of methoxy groups -OCH3 is 1. The number of para-hydroxylation sites is 1. The molecule has 1 atom stereocenters. The molecule has 0 radical (unpaired) electrons. The SMILES string of the molecule is COc1cccc(C(O)Cc2cc(Br)cs2)c1N. The number of hydrogen-bond acceptors (Lipinski definition) is 4. The molecule has 0 fully saturated rings. The maximum Gasteiger partial charge on any atom is 0.142 e. The largest absolute Gasteiger partial charge is 0.495 e. The van der Waals surface area contributed by atoms with E-state index in [4.69, 9.17) is 10.5 Å². The van der Waals surface area contributed by atoms with Crippen LogP contribution in [-0.2, 0) is 6.42 Å². The van der Waals surface area contributed by atoms with Gasteiger partial charge in [0.05, 0.1) is 18.9 Å². The molecular weight excluding hydrogens is 314 g/mol. The standard InChI is InChI=1S/C13H14BrNO2S/c1-17-12-4-2-3-10(13(12)15)11(16)6-9-5-8(14)7-18-9/h2-5,7,11,16H,6,15H2,1H3. The van der Waals surface area contributed by atoms with E-state index < -0.39 is 6.10 Å². The number of nitrogen functional groups attached to an aromatic ring is 1. The highest BCUT2D eigenvalue weighted by Crippen LogP contribution is 2.32. The number of hydrogen-bond donors (Lipinski definition) is 2. The second-order valence-electron chi connectivity index (χ2n) is 3.91. The maximum atomic E-state index is 10.2. The molecular formula is C13H14BrNO2S. The molecule has 18 heavy (non-hydrogen) atoms. The molecule has 0 aliphatic rings. The third-order valence-electron chi connectivity index (χ3n) is 2.70. The van der Waals surface area contributed by atoms with Crippen LogP contribution >= 0.6 is 27.3 Å². The molecule has 0 saturated heterocycles. The molecule has 2 rings (SSSR count). The van der Waals surface area contributed by atoms with Gasteiger partial charge in [0.1, 0.15) is 5.75 Å². The number of anilines is 1. The van der Waals surface area contributed by atoms with Crippen molar-refractivity contribution in [2.24, 2.45) is 0 Å². The third kappa shape index (κ3) is 2.85. The van der Waals surface area contributed by atoms with Gasteiger partial charge in [-0.1, -0.05) is 12.1 Å². The predicted molar refractivity (Wildman–Crippen MR) is 78.1 cm³/mol. The van der Waals surface area contributed by atoms with Crippen LogP contribution in [0.3, 0.4) is 0 Å². The van der Waals surface area contributed by atoms with Gasteiger partial charge in [0, 0.05) is 26.7 Å². The predicted octanol–water partition coefficient (Wildman–Crippen LogP) is 3.38. The Morgan fingerprint density at radius 2 is 2.28 bits per heavy atom. The van der Waals surface area contributed by atoms with Crippen LogP contribution in [0.5, 0.6) is 5.75 Å². The van der Waals surface area contributed by atoms with E-state index in [1.165, 1.54) is 0 Å². The van der Waals surface area contributed by atoms with Crippen molar-refractivity contribution in [1.82, 2.24) is 0 Å². The zero-order valence-corrected chi connectivity index (χ0v) is 12.3. The minimum atomic E-state index is -0.620. The number of halogens is 1. The molecule has 2 aromatic rings. The van der Waals surface area contributed by atoms with Crippen LogP contribution in [0.2, 0.25) is 0 Å². The topological polar surface area (TPSA) is 55.5 Å². The lowest BCUT2D eigenvalue weighted by Crippen LogP contribution is -2.05. The van der Waals surface area contributed by atoms with Crippen molar-refractivity contribution in [3.05, 3.63) is 44.6 Å². The van der Waals surface area contributed by atoms with Gasteiger partial charge in [0.15, 0.2) is 0 Å². The summed E-state index contributed by atoms with van der Waals surface area (Å²) in [6.07, 6.45) is -0.0705. The number of rotatable bonds is 4. The highest BCUT2D eigenvalue weighted by molar-refractivity contribution is 9.10. The Labute approximate surface area is 118 Å². The summed E-state index contributed by atoms with van der Waals surface area (Å²) in [6.45, 7) is 0. The Bertz CT molecular complexity index is 542. The van der Waals surface area contributed by atoms with Gasteiger partial charge in [-0.05, 0) is 28.1 Å². The summed E-state index contributed by atoms with van der Waals surface area (Å²) in [5, 5.41) is 12.2. The van der Waals surface area contributed by atoms with Crippen LogP contribution in [0.1, 0.15) is 16.5 Å². The van der Waals surface area contributed by atoms with Gasteiger partial charge < -0.3 is 15.6 Å². The summed E-state index contributed by atoms with van der Waals surface area (Å²) < 4.78 is 6.18. The van der Waals surface area contributed by atoms with Crippen molar-refractivity contribution in [2.45, 2.75) is 12.5 Å². The number of aliphatic hydroxyl groups excluding tert-OH is 1. The van der Waals surface area contributed by atoms with Crippen LogP contribution in [0.4, 0.5) is 5.69 Å². The lowest BCUT2D eigenvalue weighted by atomic mass is 10.0. The number of ether oxygens (including phenoxy) is 1. The van der Waals surface area contributed by atoms with Gasteiger partial charge in [-0.15, -0.1) is 11.3 Å². The van der Waals surface area contributed by atoms with Crippen molar-refractivity contribution in [3.8, 4) is 5.75 Å². The van der Waals surface area contributed by atoms with Gasteiger partial charge >= 0.3 is 0 Å². The monoisotopic (exact) mass is 327 g/mol. The average molecular weight is 328 g/mol. The first-order valence-corrected chi connectivity index (χ1v) is 7.12. The van der Waals surface area contributed by atoms with Crippen LogP contribution in [-0.4, -0.2) is 12.2 Å². The van der Waals surface area contributed by atoms with Gasteiger partial charge in [-0.2, -0.15) is 0 Å². The lowest BCUT2D eigenvalue weighted by Gasteiger charge is -2.14. The third-order valence-corrected chi connectivity index (χ3v) is 4.41. The Morgan fingerprint density at radius 1 is 1.50 bits per heavy atom. The second kappa shape index (κ2) is 5.73. The van der Waals surface area contributed by atoms with Gasteiger partial charge in [0.2, 0.25) is 0 Å². The zero-order valence-electron chi connectivity index (χ0n) is 9.89. The molecule has 5 heteroatoms. The summed E-state index contributed by atoms with van der Waals surface area (Å²) in [6, 6.07) is 7.45. The molecule has 0 aliphatic carbocycles. The van der Waals surface area contributed by atoms with Gasteiger partial charge in [-0.3, -0.25) is 0 Å². The van der Waals surface area contributed by atoms with E-state index in [0.29, 0.717) is 23.4 Å². The van der Waals surface area contributed by atoms with Crippen LogP contribution in [0.25, 0.3) is 0 Å². The number of aliphatic hydroxyl groups is 1. The fraction of sp³-hybridized carbons (Fsp3) is 0.231. The normalized spacial score (nSPS) is 12.4. The highest BCUT2D eigenvalue weighted by Gasteiger charge is 2.15. The molecule has 0 saturated carbocycles. The minimum Gasteiger partial charge on any atom is -0.495 e. The molecule has 96 valence electrons. The smallest absolute Gasteiger partial charge is 0.142 e. The number of nitrogens with two attached hydrogens (primary N) is 1. The van der Waals surface area contributed by atoms with E-state index in [9.17, 15) is 5.11 Å². The average Bonchev–Trinajstić information content (AvgIpc) is 2.75. The molecule has 0 amide bonds. The molecule has 1 heterocycles. The molecule has 0 spiro atoms. The maximum absolute atomic E-state index is 10.2. The van der Waals surface area contributed by atoms with E-state index in [2.05, 4.69) is 15.9 Å². The Hall–Kier alpha value is -1.04. The van der Waals surface area contributed by atoms with Crippen molar-refractivity contribution in [1.29, 1.82) is 0 Å². The van der Waals surface area contributed by atoms with E-state index >= 15 is 0 Å². The molecule has 1 aromatic heterocycles. The van der Waals surface area contributed by atoms with Gasteiger partial charge in [-0.25, -0.2) is 0 Å². The molecule has 1 unspecified atom stereocenters.